The second-order valence-electron chi connectivity index (χ2n) is 3.88. The van der Waals surface area contributed by atoms with Crippen LogP contribution in [0, 0.1) is 5.82 Å². The van der Waals surface area contributed by atoms with Crippen LogP contribution in [-0.2, 0) is 16.1 Å². The molecule has 1 aliphatic heterocycles. The molecule has 1 fully saturated rings. The number of hydrogen-bond acceptors (Lipinski definition) is 6. The number of amides is 2. The van der Waals surface area contributed by atoms with Crippen LogP contribution in [0.1, 0.15) is 18.5 Å². The van der Waals surface area contributed by atoms with E-state index in [4.69, 9.17) is 5.73 Å². The van der Waals surface area contributed by atoms with E-state index in [1.807, 2.05) is 0 Å². The van der Waals surface area contributed by atoms with Crippen LogP contribution in [-0.4, -0.2) is 28.1 Å². The van der Waals surface area contributed by atoms with Gasteiger partial charge in [-0.05, 0) is 6.42 Å². The van der Waals surface area contributed by atoms with Gasteiger partial charge in [-0.3, -0.25) is 14.9 Å². The number of carbonyl (C=O) groups is 2. The first kappa shape index (κ1) is 12.4. The second-order valence-corrected chi connectivity index (χ2v) is 3.88. The van der Waals surface area contributed by atoms with E-state index in [-0.39, 0.29) is 30.4 Å². The SMILES string of the molecule is NCc1nnc(NC2CCC(=O)NC2=O)cc1F. The van der Waals surface area contributed by atoms with E-state index in [0.717, 1.165) is 6.07 Å². The number of nitrogens with zero attached hydrogens (tertiary/aromatic N) is 2. The van der Waals surface area contributed by atoms with Crippen LogP contribution < -0.4 is 16.4 Å². The monoisotopic (exact) mass is 253 g/mol. The lowest BCUT2D eigenvalue weighted by atomic mass is 10.1. The van der Waals surface area contributed by atoms with Gasteiger partial charge in [-0.15, -0.1) is 10.2 Å². The van der Waals surface area contributed by atoms with Crippen molar-refractivity contribution in [3.63, 3.8) is 0 Å². The summed E-state index contributed by atoms with van der Waals surface area (Å²) in [7, 11) is 0. The van der Waals surface area contributed by atoms with Gasteiger partial charge < -0.3 is 11.1 Å². The Bertz CT molecular complexity index is 493. The minimum atomic E-state index is -0.611. The van der Waals surface area contributed by atoms with Crippen LogP contribution >= 0.6 is 0 Å². The van der Waals surface area contributed by atoms with Crippen LogP contribution in [0.15, 0.2) is 6.07 Å². The topological polar surface area (TPSA) is 110 Å². The lowest BCUT2D eigenvalue weighted by Crippen LogP contribution is -2.47. The number of imide groups is 1. The zero-order valence-corrected chi connectivity index (χ0v) is 9.44. The number of aromatic nitrogens is 2. The Balaban J connectivity index is 2.07. The second kappa shape index (κ2) is 5.05. The maximum atomic E-state index is 13.4. The van der Waals surface area contributed by atoms with E-state index >= 15 is 0 Å². The van der Waals surface area contributed by atoms with Crippen molar-refractivity contribution in [3.05, 3.63) is 17.6 Å². The van der Waals surface area contributed by atoms with Crippen molar-refractivity contribution in [1.82, 2.24) is 15.5 Å². The summed E-state index contributed by atoms with van der Waals surface area (Å²) in [5.74, 6) is -1.20. The fourth-order valence-corrected chi connectivity index (χ4v) is 1.61. The van der Waals surface area contributed by atoms with Gasteiger partial charge in [-0.2, -0.15) is 0 Å². The molecule has 4 N–H and O–H groups in total. The van der Waals surface area contributed by atoms with Crippen molar-refractivity contribution in [1.29, 1.82) is 0 Å². The first-order chi connectivity index (χ1) is 8.60. The molecule has 96 valence electrons. The molecular formula is C10H12FN5O2. The Morgan fingerprint density at radius 3 is 2.89 bits per heavy atom. The number of nitrogens with two attached hydrogens (primary N) is 1. The van der Waals surface area contributed by atoms with E-state index in [2.05, 4.69) is 20.8 Å². The van der Waals surface area contributed by atoms with E-state index in [9.17, 15) is 14.0 Å². The summed E-state index contributed by atoms with van der Waals surface area (Å²) in [6.07, 6.45) is 0.576. The zero-order valence-electron chi connectivity index (χ0n) is 9.44. The van der Waals surface area contributed by atoms with Gasteiger partial charge >= 0.3 is 0 Å². The molecule has 0 spiro atoms. The minimum Gasteiger partial charge on any atom is -0.357 e. The summed E-state index contributed by atoms with van der Waals surface area (Å²) in [4.78, 5) is 22.4. The van der Waals surface area contributed by atoms with Gasteiger partial charge in [0.2, 0.25) is 11.8 Å². The predicted molar refractivity (Wildman–Crippen MR) is 59.7 cm³/mol. The highest BCUT2D eigenvalue weighted by molar-refractivity contribution is 6.01. The molecule has 0 bridgehead atoms. The predicted octanol–water partition coefficient (Wildman–Crippen LogP) is -0.708. The molecule has 1 saturated heterocycles. The minimum absolute atomic E-state index is 0.0441. The van der Waals surface area contributed by atoms with Crippen molar-refractivity contribution < 1.29 is 14.0 Å². The van der Waals surface area contributed by atoms with Crippen LogP contribution in [0.5, 0.6) is 0 Å². The smallest absolute Gasteiger partial charge is 0.249 e. The molecule has 8 heteroatoms. The van der Waals surface area contributed by atoms with E-state index in [1.165, 1.54) is 0 Å². The van der Waals surface area contributed by atoms with Crippen molar-refractivity contribution in [2.24, 2.45) is 5.73 Å². The highest BCUT2D eigenvalue weighted by Crippen LogP contribution is 2.13. The maximum Gasteiger partial charge on any atom is 0.249 e. The summed E-state index contributed by atoms with van der Waals surface area (Å²) in [5.41, 5.74) is 5.32. The third kappa shape index (κ3) is 2.59. The van der Waals surface area contributed by atoms with Gasteiger partial charge in [-0.25, -0.2) is 4.39 Å². The Hall–Kier alpha value is -2.09. The van der Waals surface area contributed by atoms with Crippen molar-refractivity contribution in [3.8, 4) is 0 Å². The van der Waals surface area contributed by atoms with Gasteiger partial charge in [0.25, 0.3) is 0 Å². The molecule has 18 heavy (non-hydrogen) atoms. The molecule has 1 aromatic heterocycles. The van der Waals surface area contributed by atoms with Crippen LogP contribution in [0.25, 0.3) is 0 Å². The largest absolute Gasteiger partial charge is 0.357 e. The summed E-state index contributed by atoms with van der Waals surface area (Å²) < 4.78 is 13.4. The standard InChI is InChI=1S/C10H12FN5O2/c11-5-3-8(16-15-7(5)4-12)13-6-1-2-9(17)14-10(6)18/h3,6H,1-2,4,12H2,(H,13,16)(H,14,17,18). The third-order valence-electron chi connectivity index (χ3n) is 2.57. The molecule has 2 rings (SSSR count). The van der Waals surface area contributed by atoms with E-state index in [0.29, 0.717) is 6.42 Å². The number of rotatable bonds is 3. The molecule has 0 saturated carbocycles. The number of halogens is 1. The van der Waals surface area contributed by atoms with Crippen molar-refractivity contribution in [2.75, 3.05) is 5.32 Å². The van der Waals surface area contributed by atoms with Gasteiger partial charge in [0, 0.05) is 19.0 Å². The fraction of sp³-hybridized carbons (Fsp3) is 0.400. The lowest BCUT2D eigenvalue weighted by Gasteiger charge is -2.21. The first-order valence-electron chi connectivity index (χ1n) is 5.42. The lowest BCUT2D eigenvalue weighted by molar-refractivity contribution is -0.133. The highest BCUT2D eigenvalue weighted by Gasteiger charge is 2.26. The quantitative estimate of drug-likeness (QED) is 0.614. The fourth-order valence-electron chi connectivity index (χ4n) is 1.61. The number of nitrogens with one attached hydrogen (secondary N) is 2. The number of carbonyl (C=O) groups excluding carboxylic acids is 2. The molecule has 1 aliphatic rings. The van der Waals surface area contributed by atoms with Crippen molar-refractivity contribution >= 4 is 17.6 Å². The summed E-state index contributed by atoms with van der Waals surface area (Å²) in [6.45, 7) is -0.0441. The molecule has 0 radical (unpaired) electrons. The zero-order chi connectivity index (χ0) is 13.1. The molecule has 2 heterocycles. The molecule has 2 amide bonds. The Labute approximate surface area is 102 Å². The number of piperidine rings is 1. The van der Waals surface area contributed by atoms with Crippen LogP contribution in [0.2, 0.25) is 0 Å². The molecule has 1 unspecified atom stereocenters. The van der Waals surface area contributed by atoms with Gasteiger partial charge in [0.1, 0.15) is 11.7 Å². The van der Waals surface area contributed by atoms with Crippen LogP contribution in [0.4, 0.5) is 10.2 Å². The first-order valence-corrected chi connectivity index (χ1v) is 5.42. The molecule has 1 atom stereocenters. The average molecular weight is 253 g/mol. The number of hydrogen-bond donors (Lipinski definition) is 3. The summed E-state index contributed by atoms with van der Waals surface area (Å²) in [5, 5.41) is 12.2. The van der Waals surface area contributed by atoms with E-state index < -0.39 is 17.8 Å². The van der Waals surface area contributed by atoms with Gasteiger partial charge in [0.15, 0.2) is 11.6 Å². The molecular weight excluding hydrogens is 241 g/mol. The Morgan fingerprint density at radius 1 is 1.50 bits per heavy atom. The van der Waals surface area contributed by atoms with E-state index in [1.54, 1.807) is 0 Å². The third-order valence-corrected chi connectivity index (χ3v) is 2.57. The Morgan fingerprint density at radius 2 is 2.28 bits per heavy atom. The number of anilines is 1. The maximum absolute atomic E-state index is 13.4. The molecule has 0 aliphatic carbocycles. The normalized spacial score (nSPS) is 19.6. The molecule has 7 nitrogen and oxygen atoms in total. The average Bonchev–Trinajstić information content (AvgIpc) is 2.33. The molecule has 0 aromatic carbocycles. The van der Waals surface area contributed by atoms with Gasteiger partial charge in [-0.1, -0.05) is 0 Å². The van der Waals surface area contributed by atoms with Crippen LogP contribution in [0.3, 0.4) is 0 Å². The molecule has 1 aromatic rings. The Kier molecular flexibility index (Phi) is 3.47. The van der Waals surface area contributed by atoms with Gasteiger partial charge in [0.05, 0.1) is 0 Å². The summed E-state index contributed by atoms with van der Waals surface area (Å²) >= 11 is 0. The van der Waals surface area contributed by atoms with Crippen molar-refractivity contribution in [2.45, 2.75) is 25.4 Å². The highest BCUT2D eigenvalue weighted by atomic mass is 19.1. The summed E-state index contributed by atoms with van der Waals surface area (Å²) in [6, 6.07) is 0.513.